The van der Waals surface area contributed by atoms with Crippen molar-refractivity contribution in [3.05, 3.63) is 239 Å². The molecule has 6 aromatic carbocycles. The minimum Gasteiger partial charge on any atom is -0.625 e. The monoisotopic (exact) mass is 1270 g/mol. The molecule has 2 heterocycles. The molecular weight excluding hydrogens is 1190 g/mol. The number of carbonyl (C=O) groups excluding carboxylic acids is 2. The topological polar surface area (TPSA) is 168 Å². The van der Waals surface area contributed by atoms with Crippen molar-refractivity contribution in [1.29, 1.82) is 0 Å². The van der Waals surface area contributed by atoms with Crippen LogP contribution in [-0.2, 0) is 65.3 Å². The van der Waals surface area contributed by atoms with Gasteiger partial charge >= 0.3 is 11.9 Å². The van der Waals surface area contributed by atoms with Crippen LogP contribution in [0.2, 0.25) is 0 Å². The smallest absolute Gasteiger partial charge is 0.328 e. The average molecular weight is 1270 g/mol. The van der Waals surface area contributed by atoms with Crippen molar-refractivity contribution in [2.75, 3.05) is 25.0 Å². The van der Waals surface area contributed by atoms with Crippen LogP contribution >= 0.6 is 15.9 Å². The van der Waals surface area contributed by atoms with Crippen LogP contribution in [0.3, 0.4) is 0 Å². The largest absolute Gasteiger partial charge is 0.625 e. The number of para-hydroxylation sites is 2. The number of aliphatic carboxylic acids is 2. The molecule has 83 heavy (non-hydrogen) atoms. The molecule has 2 fully saturated rings. The molecule has 0 radical (unpaired) electrons. The summed E-state index contributed by atoms with van der Waals surface area (Å²) in [6.07, 6.45) is 16.4. The van der Waals surface area contributed by atoms with Crippen LogP contribution < -0.4 is 0 Å². The molecule has 3 atom stereocenters. The van der Waals surface area contributed by atoms with Crippen molar-refractivity contribution in [3.63, 3.8) is 0 Å². The summed E-state index contributed by atoms with van der Waals surface area (Å²) in [7, 11) is 0. The van der Waals surface area contributed by atoms with E-state index in [2.05, 4.69) is 78.8 Å². The Morgan fingerprint density at radius 1 is 0.554 bits per heavy atom. The zero-order valence-corrected chi connectivity index (χ0v) is 50.7. The SMILES string of the molecule is C=CCCCCCBr.C=CCCCCC[C@H](N=C(c1ccccc1)c1ccccc1[N-]C(=O)C1CCCN1Cc1ccccc1)C(=O)O.O=C(O)CN=C(c1ccccc1)c1ccccc1[N-]C(=O)C1CCCN1Cc1ccccc1.[Ni].[Ni]. The van der Waals surface area contributed by atoms with Crippen molar-refractivity contribution in [1.82, 2.24) is 9.80 Å². The quantitative estimate of drug-likeness (QED) is 0.0169. The molecule has 2 N–H and O–H groups in total. The second-order valence-corrected chi connectivity index (χ2v) is 20.8. The molecule has 0 saturated carbocycles. The van der Waals surface area contributed by atoms with Gasteiger partial charge in [0.2, 0.25) is 0 Å². The molecule has 444 valence electrons. The summed E-state index contributed by atoms with van der Waals surface area (Å²) in [6.45, 7) is 10.2. The maximum atomic E-state index is 13.5. The molecule has 2 unspecified atom stereocenters. The Kier molecular flexibility index (Phi) is 32.4. The molecule has 2 saturated heterocycles. The third-order valence-electron chi connectivity index (χ3n) is 14.0. The number of carbonyl (C=O) groups is 4. The third kappa shape index (κ3) is 23.2. The van der Waals surface area contributed by atoms with Gasteiger partial charge in [-0.2, -0.15) is 0 Å². The zero-order chi connectivity index (χ0) is 57.4. The van der Waals surface area contributed by atoms with Crippen LogP contribution in [0.5, 0.6) is 0 Å². The van der Waals surface area contributed by atoms with Crippen LogP contribution in [-0.4, -0.2) is 98.3 Å². The Morgan fingerprint density at radius 2 is 0.964 bits per heavy atom. The molecular formula is C68H77BrN6Ni2O6-2. The van der Waals surface area contributed by atoms with Crippen LogP contribution in [0, 0.1) is 0 Å². The second-order valence-electron chi connectivity index (χ2n) is 20.0. The van der Waals surface area contributed by atoms with E-state index in [1.165, 1.54) is 36.8 Å². The number of nitrogens with zero attached hydrogens (tertiary/aromatic N) is 6. The van der Waals surface area contributed by atoms with Crippen molar-refractivity contribution in [3.8, 4) is 0 Å². The number of hydrogen-bond acceptors (Lipinski definition) is 8. The summed E-state index contributed by atoms with van der Waals surface area (Å²) in [5.74, 6) is -2.33. The number of carboxylic acids is 2. The Bertz CT molecular complexity index is 2970. The minimum absolute atomic E-state index is 0. The molecule has 2 aliphatic heterocycles. The van der Waals surface area contributed by atoms with E-state index >= 15 is 0 Å². The molecule has 12 nitrogen and oxygen atoms in total. The Hall–Kier alpha value is -6.59. The number of halogens is 1. The van der Waals surface area contributed by atoms with Crippen LogP contribution in [0.15, 0.2) is 205 Å². The number of likely N-dealkylation sites (tertiary alicyclic amines) is 2. The van der Waals surface area contributed by atoms with Gasteiger partial charge in [0, 0.05) is 62.5 Å². The van der Waals surface area contributed by atoms with E-state index in [1.54, 1.807) is 6.07 Å². The number of unbranched alkanes of at least 4 members (excludes halogenated alkanes) is 6. The summed E-state index contributed by atoms with van der Waals surface area (Å²) in [5, 5.41) is 29.4. The molecule has 8 rings (SSSR count). The van der Waals surface area contributed by atoms with Crippen LogP contribution in [0.1, 0.15) is 117 Å². The Labute approximate surface area is 520 Å². The Balaban J connectivity index is 0.000000312. The van der Waals surface area contributed by atoms with Gasteiger partial charge in [0.25, 0.3) is 0 Å². The number of carboxylic acid groups (broad SMARTS) is 2. The maximum absolute atomic E-state index is 13.5. The standard InChI is InChI=1S/C34H39N3O3.C27H27N3O3.C7H13Br.2Ni/c1-2-3-4-5-12-22-30(34(39)40)35-32(27-18-10-7-11-19-27)28-20-13-14-21-29(28)36-33(38)31-23-15-24-37(31)25-26-16-8-6-9-17-26;31-25(32)18-28-26(21-12-5-2-6-13-21)22-14-7-8-15-23(22)29-27(33)24-16-9-17-30(24)19-20-10-3-1-4-11-20;1-2-3-4-5-6-7-8;;/h2,6-11,13-14,16-21,30-31H,1,3-5,12,15,22-25H2,(H2,35,36,38,39,40);1-8,10-15,24H,9,16-19H2,(H2,28,29,31,32,33);2H,1,3-7H2;;/p-2/t30-,31?;;;;/m0..../s1. The Morgan fingerprint density at radius 3 is 1.40 bits per heavy atom. The maximum Gasteiger partial charge on any atom is 0.328 e. The van der Waals surface area contributed by atoms with Gasteiger partial charge in [0.1, 0.15) is 12.6 Å². The van der Waals surface area contributed by atoms with Crippen molar-refractivity contribution >= 4 is 62.5 Å². The first-order valence-corrected chi connectivity index (χ1v) is 29.4. The van der Waals surface area contributed by atoms with E-state index < -0.39 is 18.0 Å². The first-order valence-electron chi connectivity index (χ1n) is 28.3. The molecule has 2 aliphatic rings. The van der Waals surface area contributed by atoms with E-state index in [9.17, 15) is 29.4 Å². The van der Waals surface area contributed by atoms with Gasteiger partial charge < -0.3 is 30.4 Å². The van der Waals surface area contributed by atoms with E-state index in [0.717, 1.165) is 80.9 Å². The fraction of sp³-hybridized carbons (Fsp3) is 0.324. The van der Waals surface area contributed by atoms with E-state index in [4.69, 9.17) is 4.99 Å². The number of amides is 2. The van der Waals surface area contributed by atoms with Crippen molar-refractivity contribution in [2.24, 2.45) is 9.98 Å². The first kappa shape index (κ1) is 68.9. The number of hydrogen-bond donors (Lipinski definition) is 2. The predicted molar refractivity (Wildman–Crippen MR) is 333 cm³/mol. The van der Waals surface area contributed by atoms with Crippen molar-refractivity contribution < 1.29 is 62.4 Å². The van der Waals surface area contributed by atoms with Gasteiger partial charge in [-0.3, -0.25) is 24.6 Å². The van der Waals surface area contributed by atoms with E-state index in [0.29, 0.717) is 53.4 Å². The van der Waals surface area contributed by atoms with E-state index in [1.807, 2.05) is 152 Å². The van der Waals surface area contributed by atoms with Gasteiger partial charge in [-0.1, -0.05) is 217 Å². The average Bonchev–Trinajstić information content (AvgIpc) is 4.33. The number of alkyl halides is 1. The van der Waals surface area contributed by atoms with Gasteiger partial charge in [-0.25, -0.2) is 4.79 Å². The normalized spacial score (nSPS) is 15.3. The van der Waals surface area contributed by atoms with Gasteiger partial charge in [-0.05, 0) is 99.6 Å². The molecule has 0 aromatic heterocycles. The molecule has 0 spiro atoms. The molecule has 15 heteroatoms. The summed E-state index contributed by atoms with van der Waals surface area (Å²) in [5.41, 5.74) is 7.28. The summed E-state index contributed by atoms with van der Waals surface area (Å²) < 4.78 is 0. The molecule has 0 bridgehead atoms. The molecule has 0 aliphatic carbocycles. The second kappa shape index (κ2) is 39.0. The fourth-order valence-corrected chi connectivity index (χ4v) is 10.3. The van der Waals surface area contributed by atoms with Crippen molar-refractivity contribution in [2.45, 2.75) is 115 Å². The number of benzene rings is 6. The predicted octanol–water partition coefficient (Wildman–Crippen LogP) is 15.2. The zero-order valence-electron chi connectivity index (χ0n) is 47.1. The summed E-state index contributed by atoms with van der Waals surface area (Å²) in [6, 6.07) is 52.5. The molecule has 2 amide bonds. The number of rotatable bonds is 27. The fourth-order valence-electron chi connectivity index (χ4n) is 9.89. The minimum atomic E-state index is -1.02. The van der Waals surface area contributed by atoms with Gasteiger partial charge in [0.05, 0.1) is 35.3 Å². The van der Waals surface area contributed by atoms with Crippen LogP contribution in [0.4, 0.5) is 11.4 Å². The third-order valence-corrected chi connectivity index (χ3v) is 14.6. The van der Waals surface area contributed by atoms with Gasteiger partial charge in [0.15, 0.2) is 0 Å². The first-order chi connectivity index (χ1) is 39.6. The number of allylic oxidation sites excluding steroid dienone is 2. The summed E-state index contributed by atoms with van der Waals surface area (Å²) >= 11 is 3.38. The van der Waals surface area contributed by atoms with Gasteiger partial charge in [-0.15, -0.1) is 24.5 Å². The van der Waals surface area contributed by atoms with E-state index in [-0.39, 0.29) is 63.4 Å². The number of aliphatic imine (C=N–C) groups is 2. The summed E-state index contributed by atoms with van der Waals surface area (Å²) in [4.78, 5) is 63.7. The molecule has 6 aromatic rings. The van der Waals surface area contributed by atoms with Crippen LogP contribution in [0.25, 0.3) is 10.6 Å².